The molecular weight excluding hydrogens is 282 g/mol. The third-order valence-electron chi connectivity index (χ3n) is 3.78. The van der Waals surface area contributed by atoms with Gasteiger partial charge in [-0.2, -0.15) is 0 Å². The fraction of sp³-hybridized carbons (Fsp3) is 0.438. The molecule has 1 aromatic carbocycles. The van der Waals surface area contributed by atoms with E-state index in [9.17, 15) is 0 Å². The van der Waals surface area contributed by atoms with Crippen LogP contribution in [0.3, 0.4) is 0 Å². The molecule has 0 amide bonds. The van der Waals surface area contributed by atoms with Crippen LogP contribution in [-0.2, 0) is 17.8 Å². The molecule has 1 unspecified atom stereocenters. The summed E-state index contributed by atoms with van der Waals surface area (Å²) < 4.78 is 7.32. The predicted molar refractivity (Wildman–Crippen MR) is 85.7 cm³/mol. The second-order valence-electron chi connectivity index (χ2n) is 5.21. The Morgan fingerprint density at radius 3 is 3.24 bits per heavy atom. The molecule has 1 aromatic heterocycles. The Morgan fingerprint density at radius 1 is 1.43 bits per heavy atom. The highest BCUT2D eigenvalue weighted by Crippen LogP contribution is 2.40. The van der Waals surface area contributed by atoms with E-state index in [1.165, 1.54) is 10.5 Å². The predicted octanol–water partition coefficient (Wildman–Crippen LogP) is 2.51. The number of nitrogens with zero attached hydrogens (tertiary/aromatic N) is 2. The number of ether oxygens (including phenoxy) is 1. The van der Waals surface area contributed by atoms with E-state index < -0.39 is 0 Å². The lowest BCUT2D eigenvalue weighted by Gasteiger charge is -2.14. The van der Waals surface area contributed by atoms with Gasteiger partial charge in [0.2, 0.25) is 0 Å². The fourth-order valence-corrected chi connectivity index (χ4v) is 3.91. The lowest BCUT2D eigenvalue weighted by Crippen LogP contribution is -2.22. The molecule has 2 heterocycles. The van der Waals surface area contributed by atoms with Gasteiger partial charge >= 0.3 is 0 Å². The normalized spacial score (nSPS) is 17.1. The van der Waals surface area contributed by atoms with Gasteiger partial charge < -0.3 is 14.6 Å². The Balaban J connectivity index is 1.63. The third kappa shape index (κ3) is 3.48. The summed E-state index contributed by atoms with van der Waals surface area (Å²) in [5, 5.41) is 3.36. The first-order valence-electron chi connectivity index (χ1n) is 7.30. The molecule has 0 spiro atoms. The highest BCUT2D eigenvalue weighted by molar-refractivity contribution is 7.99. The molecule has 21 heavy (non-hydrogen) atoms. The maximum atomic E-state index is 5.05. The average molecular weight is 303 g/mol. The molecule has 112 valence electrons. The second kappa shape index (κ2) is 7.11. The number of thioether (sulfide) groups is 1. The highest BCUT2D eigenvalue weighted by atomic mass is 32.2. The van der Waals surface area contributed by atoms with Crippen LogP contribution >= 0.6 is 11.8 Å². The number of hydrogen-bond donors (Lipinski definition) is 1. The van der Waals surface area contributed by atoms with Gasteiger partial charge in [0.05, 0.1) is 13.2 Å². The van der Waals surface area contributed by atoms with Gasteiger partial charge in [-0.1, -0.05) is 18.2 Å². The van der Waals surface area contributed by atoms with Crippen molar-refractivity contribution < 1.29 is 4.74 Å². The first-order chi connectivity index (χ1) is 10.4. The molecule has 1 aliphatic rings. The molecule has 1 aliphatic heterocycles. The third-order valence-corrected chi connectivity index (χ3v) is 5.04. The number of imidazole rings is 1. The van der Waals surface area contributed by atoms with Gasteiger partial charge in [-0.15, -0.1) is 11.8 Å². The van der Waals surface area contributed by atoms with E-state index in [-0.39, 0.29) is 0 Å². The fourth-order valence-electron chi connectivity index (χ4n) is 2.67. The maximum Gasteiger partial charge on any atom is 0.122 e. The zero-order valence-electron chi connectivity index (χ0n) is 12.3. The second-order valence-corrected chi connectivity index (χ2v) is 6.27. The number of rotatable bonds is 7. The van der Waals surface area contributed by atoms with E-state index in [2.05, 4.69) is 45.3 Å². The Morgan fingerprint density at radius 2 is 2.33 bits per heavy atom. The number of fused-ring (bicyclic) bond motifs is 1. The van der Waals surface area contributed by atoms with Crippen molar-refractivity contribution in [3.8, 4) is 0 Å². The molecule has 0 aliphatic carbocycles. The lowest BCUT2D eigenvalue weighted by molar-refractivity contribution is 0.198. The van der Waals surface area contributed by atoms with E-state index in [1.54, 1.807) is 7.11 Å². The molecule has 0 saturated carbocycles. The summed E-state index contributed by atoms with van der Waals surface area (Å²) in [6, 6.07) is 8.74. The van der Waals surface area contributed by atoms with Crippen LogP contribution in [0, 0.1) is 0 Å². The van der Waals surface area contributed by atoms with Gasteiger partial charge in [0.25, 0.3) is 0 Å². The minimum atomic E-state index is 0.582. The molecule has 1 atom stereocenters. The lowest BCUT2D eigenvalue weighted by atomic mass is 10.0. The minimum absolute atomic E-state index is 0.582. The Hall–Kier alpha value is -1.30. The minimum Gasteiger partial charge on any atom is -0.383 e. The van der Waals surface area contributed by atoms with E-state index in [4.69, 9.17) is 4.74 Å². The largest absolute Gasteiger partial charge is 0.383 e. The SMILES string of the molecule is COCCNCc1nccn1CC1CSc2ccccc21. The van der Waals surface area contributed by atoms with Gasteiger partial charge in [-0.3, -0.25) is 0 Å². The van der Waals surface area contributed by atoms with E-state index in [0.29, 0.717) is 5.92 Å². The molecule has 4 nitrogen and oxygen atoms in total. The molecule has 1 N–H and O–H groups in total. The van der Waals surface area contributed by atoms with Gasteiger partial charge in [0, 0.05) is 49.2 Å². The Labute approximate surface area is 129 Å². The van der Waals surface area contributed by atoms with E-state index >= 15 is 0 Å². The van der Waals surface area contributed by atoms with Crippen molar-refractivity contribution in [1.82, 2.24) is 14.9 Å². The zero-order valence-corrected chi connectivity index (χ0v) is 13.1. The van der Waals surface area contributed by atoms with Crippen LogP contribution in [0.4, 0.5) is 0 Å². The van der Waals surface area contributed by atoms with Gasteiger partial charge in [0.1, 0.15) is 5.82 Å². The molecule has 0 fully saturated rings. The summed E-state index contributed by atoms with van der Waals surface area (Å²) in [5.41, 5.74) is 1.48. The van der Waals surface area contributed by atoms with Gasteiger partial charge in [-0.25, -0.2) is 4.98 Å². The molecule has 0 bridgehead atoms. The van der Waals surface area contributed by atoms with Crippen LogP contribution in [0.5, 0.6) is 0 Å². The first kappa shape index (κ1) is 14.6. The van der Waals surface area contributed by atoms with Crippen LogP contribution < -0.4 is 5.32 Å². The van der Waals surface area contributed by atoms with Crippen molar-refractivity contribution in [3.63, 3.8) is 0 Å². The number of methoxy groups -OCH3 is 1. The number of nitrogens with one attached hydrogen (secondary N) is 1. The van der Waals surface area contributed by atoms with Crippen LogP contribution in [0.15, 0.2) is 41.6 Å². The van der Waals surface area contributed by atoms with Crippen LogP contribution in [0.1, 0.15) is 17.3 Å². The maximum absolute atomic E-state index is 5.05. The summed E-state index contributed by atoms with van der Waals surface area (Å²) in [7, 11) is 1.72. The summed E-state index contributed by atoms with van der Waals surface area (Å²) in [6.45, 7) is 3.38. The van der Waals surface area contributed by atoms with Crippen molar-refractivity contribution in [2.75, 3.05) is 26.0 Å². The Kier molecular flexibility index (Phi) is 4.95. The summed E-state index contributed by atoms with van der Waals surface area (Å²) in [6.07, 6.45) is 3.97. The Bertz CT molecular complexity index is 584. The smallest absolute Gasteiger partial charge is 0.122 e. The van der Waals surface area contributed by atoms with Crippen molar-refractivity contribution >= 4 is 11.8 Å². The monoisotopic (exact) mass is 303 g/mol. The highest BCUT2D eigenvalue weighted by Gasteiger charge is 2.23. The standard InChI is InChI=1S/C16H21N3OS/c1-20-9-7-17-10-16-18-6-8-19(16)11-13-12-21-15-5-3-2-4-14(13)15/h2-6,8,13,17H,7,9-12H2,1H3. The topological polar surface area (TPSA) is 39.1 Å². The van der Waals surface area contributed by atoms with E-state index in [1.807, 2.05) is 18.0 Å². The molecule has 0 radical (unpaired) electrons. The summed E-state index contributed by atoms with van der Waals surface area (Å²) in [5.74, 6) is 2.84. The summed E-state index contributed by atoms with van der Waals surface area (Å²) in [4.78, 5) is 5.90. The van der Waals surface area contributed by atoms with Crippen molar-refractivity contribution in [1.29, 1.82) is 0 Å². The molecule has 2 aromatic rings. The van der Waals surface area contributed by atoms with Crippen LogP contribution in [-0.4, -0.2) is 35.6 Å². The molecule has 3 rings (SSSR count). The molecular formula is C16H21N3OS. The number of hydrogen-bond acceptors (Lipinski definition) is 4. The van der Waals surface area contributed by atoms with Crippen LogP contribution in [0.2, 0.25) is 0 Å². The number of aromatic nitrogens is 2. The molecule has 5 heteroatoms. The zero-order chi connectivity index (χ0) is 14.5. The van der Waals surface area contributed by atoms with E-state index in [0.717, 1.165) is 37.8 Å². The van der Waals surface area contributed by atoms with Gasteiger partial charge in [0.15, 0.2) is 0 Å². The summed E-state index contributed by atoms with van der Waals surface area (Å²) >= 11 is 1.96. The van der Waals surface area contributed by atoms with Crippen molar-refractivity contribution in [2.45, 2.75) is 23.9 Å². The molecule has 0 saturated heterocycles. The quantitative estimate of drug-likeness (QED) is 0.798. The van der Waals surface area contributed by atoms with Gasteiger partial charge in [-0.05, 0) is 11.6 Å². The van der Waals surface area contributed by atoms with Crippen molar-refractivity contribution in [3.05, 3.63) is 48.0 Å². The van der Waals surface area contributed by atoms with Crippen LogP contribution in [0.25, 0.3) is 0 Å². The van der Waals surface area contributed by atoms with Crippen molar-refractivity contribution in [2.24, 2.45) is 0 Å². The number of benzene rings is 1. The first-order valence-corrected chi connectivity index (χ1v) is 8.28. The average Bonchev–Trinajstić information content (AvgIpc) is 3.12.